The lowest BCUT2D eigenvalue weighted by Gasteiger charge is -2.35. The molecule has 4 radical (unpaired) electrons. The van der Waals surface area contributed by atoms with Crippen LogP contribution in [0.3, 0.4) is 0 Å². The van der Waals surface area contributed by atoms with Crippen molar-refractivity contribution in [1.29, 1.82) is 0 Å². The average molecular weight is 805 g/mol. The van der Waals surface area contributed by atoms with E-state index in [1.54, 1.807) is 0 Å². The van der Waals surface area contributed by atoms with Gasteiger partial charge in [0.2, 0.25) is 0 Å². The van der Waals surface area contributed by atoms with Gasteiger partial charge in [0, 0.05) is 11.0 Å². The molecule has 8 atom stereocenters. The highest BCUT2D eigenvalue weighted by Gasteiger charge is 2.54. The molecule has 300 valence electrons. The summed E-state index contributed by atoms with van der Waals surface area (Å²) in [6.07, 6.45) is 25.6. The third-order valence-corrected chi connectivity index (χ3v) is 17.2. The van der Waals surface area contributed by atoms with E-state index < -0.39 is 11.9 Å². The van der Waals surface area contributed by atoms with Crippen molar-refractivity contribution in [2.24, 2.45) is 47.3 Å². The fourth-order valence-corrected chi connectivity index (χ4v) is 14.7. The molecule has 8 unspecified atom stereocenters. The number of carbonyl (C=O) groups is 1. The van der Waals surface area contributed by atoms with Gasteiger partial charge in [-0.2, -0.15) is 22.7 Å². The molecule has 11 rings (SSSR count). The number of thiophene rings is 2. The number of aliphatic carboxylic acids is 1. The van der Waals surface area contributed by atoms with Gasteiger partial charge in [-0.1, -0.05) is 51.4 Å². The molecule has 2 aromatic rings. The van der Waals surface area contributed by atoms with Gasteiger partial charge < -0.3 is 5.11 Å². The molecule has 13 heteroatoms. The molecule has 55 heavy (non-hydrogen) atoms. The second-order valence-corrected chi connectivity index (χ2v) is 20.0. The van der Waals surface area contributed by atoms with E-state index in [0.717, 1.165) is 58.5 Å². The van der Waals surface area contributed by atoms with E-state index in [0.29, 0.717) is 49.3 Å². The predicted octanol–water partition coefficient (Wildman–Crippen LogP) is 5.25. The number of rotatable bonds is 3. The molecular weight excluding hydrogens is 741 g/mol. The topological polar surface area (TPSA) is 134 Å². The van der Waals surface area contributed by atoms with Crippen molar-refractivity contribution in [1.82, 2.24) is 42.5 Å². The molecule has 9 aliphatic rings. The molecular formula is C42H64N8O2S2Si. The van der Waals surface area contributed by atoms with E-state index in [-0.39, 0.29) is 11.0 Å². The molecule has 9 N–H and O–H groups in total. The lowest BCUT2D eigenvalue weighted by atomic mass is 9.76. The van der Waals surface area contributed by atoms with Crippen LogP contribution < -0.4 is 42.5 Å². The smallest absolute Gasteiger partial charge is 0.315 e. The normalized spacial score (nSPS) is 44.6. The number of fused-ring (bicyclic) bond motifs is 20. The first-order valence-electron chi connectivity index (χ1n) is 21.9. The summed E-state index contributed by atoms with van der Waals surface area (Å²) >= 11 is 3.05. The molecule has 0 aromatic carbocycles. The van der Waals surface area contributed by atoms with Crippen LogP contribution in [0.5, 0.6) is 0 Å². The average Bonchev–Trinajstić information content (AvgIpc) is 4.07. The lowest BCUT2D eigenvalue weighted by Crippen LogP contribution is -2.61. The number of carboxylic acid groups (broad SMARTS) is 1. The van der Waals surface area contributed by atoms with Gasteiger partial charge in [0.25, 0.3) is 0 Å². The molecule has 2 aromatic heterocycles. The molecule has 10 nitrogen and oxygen atoms in total. The minimum atomic E-state index is -0.790. The van der Waals surface area contributed by atoms with Crippen molar-refractivity contribution >= 4 is 39.6 Å². The molecule has 0 amide bonds. The van der Waals surface area contributed by atoms with Crippen molar-refractivity contribution in [2.75, 3.05) is 0 Å². The minimum absolute atomic E-state index is 0. The predicted molar refractivity (Wildman–Crippen MR) is 221 cm³/mol. The van der Waals surface area contributed by atoms with Crippen molar-refractivity contribution in [3.63, 3.8) is 0 Å². The standard InChI is InChI=1S/C32H56N8.C10H8O2S2.Si/c1-2-10-18-17(9-1)25-33-26(18)38-28-21-13-5-6-14-22(21)30(35-28)40-32-24-16-8-7-15-23(24)31(36-32)39-29-20-12-4-3-11-19(20)27(34-29)37-25;11-10(12)9(7-1-3-13-5-7)8-2-4-14-6-8;/h17-40H,1-16H2;1-6,9H,(H,11,12);. The Hall–Kier alpha value is -1.23. The Balaban J connectivity index is 0.000000225. The molecule has 4 saturated carbocycles. The quantitative estimate of drug-likeness (QED) is 0.190. The van der Waals surface area contributed by atoms with E-state index in [9.17, 15) is 4.79 Å². The van der Waals surface area contributed by atoms with Crippen LogP contribution in [0.4, 0.5) is 0 Å². The fraction of sp³-hybridized carbons (Fsp3) is 0.786. The first kappa shape index (κ1) is 39.2. The fourth-order valence-electron chi connectivity index (χ4n) is 13.3. The first-order chi connectivity index (χ1) is 26.6. The summed E-state index contributed by atoms with van der Waals surface area (Å²) in [5, 5.41) is 50.5. The highest BCUT2D eigenvalue weighted by molar-refractivity contribution is 7.08. The summed E-state index contributed by atoms with van der Waals surface area (Å²) in [6.45, 7) is 0. The Kier molecular flexibility index (Phi) is 12.2. The van der Waals surface area contributed by atoms with Gasteiger partial charge in [-0.15, -0.1) is 0 Å². The van der Waals surface area contributed by atoms with Gasteiger partial charge in [0.15, 0.2) is 0 Å². The summed E-state index contributed by atoms with van der Waals surface area (Å²) in [5.41, 5.74) is 1.72. The van der Waals surface area contributed by atoms with Crippen LogP contribution in [-0.2, 0) is 4.79 Å². The number of nitrogens with one attached hydrogen (secondary N) is 8. The molecule has 5 saturated heterocycles. The zero-order valence-electron chi connectivity index (χ0n) is 32.3. The van der Waals surface area contributed by atoms with Crippen LogP contribution in [0.15, 0.2) is 33.7 Å². The third kappa shape index (κ3) is 7.72. The summed E-state index contributed by atoms with van der Waals surface area (Å²) in [4.78, 5) is 11.1. The minimum Gasteiger partial charge on any atom is -0.481 e. The Morgan fingerprint density at radius 3 is 0.836 bits per heavy atom. The number of carboxylic acids is 1. The van der Waals surface area contributed by atoms with Gasteiger partial charge in [-0.3, -0.25) is 47.3 Å². The Bertz CT molecular complexity index is 1310. The van der Waals surface area contributed by atoms with Crippen LogP contribution in [-0.4, -0.2) is 71.4 Å². The Labute approximate surface area is 340 Å². The zero-order chi connectivity index (χ0) is 36.2. The van der Waals surface area contributed by atoms with Gasteiger partial charge >= 0.3 is 5.97 Å². The van der Waals surface area contributed by atoms with Crippen molar-refractivity contribution in [2.45, 2.75) is 158 Å². The van der Waals surface area contributed by atoms with Gasteiger partial charge in [-0.05, 0) is 143 Å². The molecule has 4 aliphatic carbocycles. The van der Waals surface area contributed by atoms with E-state index in [1.165, 1.54) is 125 Å². The van der Waals surface area contributed by atoms with Crippen LogP contribution >= 0.6 is 22.7 Å². The second-order valence-electron chi connectivity index (χ2n) is 18.5. The second kappa shape index (κ2) is 17.2. The Morgan fingerprint density at radius 2 is 0.673 bits per heavy atom. The Morgan fingerprint density at radius 1 is 0.455 bits per heavy atom. The molecule has 0 spiro atoms. The molecule has 5 aliphatic heterocycles. The number of hydrogen-bond acceptors (Lipinski definition) is 11. The summed E-state index contributed by atoms with van der Waals surface area (Å²) in [5.74, 6) is 4.67. The summed E-state index contributed by atoms with van der Waals surface area (Å²) in [6, 6.07) is 3.72. The van der Waals surface area contributed by atoms with Gasteiger partial charge in [-0.25, -0.2) is 0 Å². The van der Waals surface area contributed by atoms with E-state index in [2.05, 4.69) is 42.5 Å². The monoisotopic (exact) mass is 804 g/mol. The highest BCUT2D eigenvalue weighted by Crippen LogP contribution is 2.45. The van der Waals surface area contributed by atoms with E-state index in [4.69, 9.17) is 5.11 Å². The third-order valence-electron chi connectivity index (χ3n) is 15.8. The largest absolute Gasteiger partial charge is 0.481 e. The van der Waals surface area contributed by atoms with Crippen LogP contribution in [0, 0.1) is 47.3 Å². The van der Waals surface area contributed by atoms with Crippen molar-refractivity contribution < 1.29 is 9.90 Å². The lowest BCUT2D eigenvalue weighted by molar-refractivity contribution is -0.137. The van der Waals surface area contributed by atoms with Gasteiger partial charge in [0.05, 0.1) is 49.3 Å². The highest BCUT2D eigenvalue weighted by atomic mass is 32.1. The molecule has 9 fully saturated rings. The first-order valence-corrected chi connectivity index (χ1v) is 23.8. The molecule has 8 bridgehead atoms. The van der Waals surface area contributed by atoms with Crippen LogP contribution in [0.1, 0.15) is 120 Å². The maximum absolute atomic E-state index is 11.1. The SMILES string of the molecule is C1CCC2C3NC(NC4NC(NC5NC(NC6NC(N3)C3CCCCC63)C3CCCCC53)C3CCCCC43)C2C1.O=C(O)C(c1ccsc1)c1ccsc1.[Si]. The van der Waals surface area contributed by atoms with E-state index >= 15 is 0 Å². The summed E-state index contributed by atoms with van der Waals surface area (Å²) < 4.78 is 0. The summed E-state index contributed by atoms with van der Waals surface area (Å²) in [7, 11) is 0. The van der Waals surface area contributed by atoms with Crippen LogP contribution in [0.25, 0.3) is 0 Å². The molecule has 7 heterocycles. The maximum atomic E-state index is 11.1. The van der Waals surface area contributed by atoms with Crippen molar-refractivity contribution in [3.05, 3.63) is 44.8 Å². The number of hydrogen-bond donors (Lipinski definition) is 9. The van der Waals surface area contributed by atoms with Crippen molar-refractivity contribution in [3.8, 4) is 0 Å². The van der Waals surface area contributed by atoms with E-state index in [1.807, 2.05) is 33.7 Å². The zero-order valence-corrected chi connectivity index (χ0v) is 34.9. The van der Waals surface area contributed by atoms with Crippen LogP contribution in [0.2, 0.25) is 0 Å². The maximum Gasteiger partial charge on any atom is 0.315 e. The van der Waals surface area contributed by atoms with Gasteiger partial charge in [0.1, 0.15) is 5.92 Å².